The second-order valence-corrected chi connectivity index (χ2v) is 6.27. The predicted molar refractivity (Wildman–Crippen MR) is 92.5 cm³/mol. The van der Waals surface area contributed by atoms with Gasteiger partial charge < -0.3 is 10.6 Å². The highest BCUT2D eigenvalue weighted by Crippen LogP contribution is 2.31. The molecule has 0 saturated heterocycles. The molecule has 3 rings (SSSR count). The molecule has 5 heteroatoms. The first-order valence-electron chi connectivity index (χ1n) is 8.16. The van der Waals surface area contributed by atoms with Crippen molar-refractivity contribution in [2.75, 3.05) is 17.2 Å². The molecule has 0 spiro atoms. The van der Waals surface area contributed by atoms with E-state index in [9.17, 15) is 4.79 Å². The van der Waals surface area contributed by atoms with Crippen LogP contribution in [0, 0.1) is 13.8 Å². The molecule has 0 fully saturated rings. The number of fused-ring (bicyclic) bond motifs is 1. The number of hydrogen-bond acceptors (Lipinski definition) is 3. The fraction of sp³-hybridized carbons (Fsp3) is 0.444. The normalized spacial score (nSPS) is 14.0. The SMILES string of the molecule is Cc1nn(C)c(C)c1CCC(=O)N1CCCc2c(N)cccc21. The predicted octanol–water partition coefficient (Wildman–Crippen LogP) is 2.53. The van der Waals surface area contributed by atoms with Gasteiger partial charge in [0.2, 0.25) is 5.91 Å². The highest BCUT2D eigenvalue weighted by molar-refractivity contribution is 5.95. The maximum absolute atomic E-state index is 12.7. The second-order valence-electron chi connectivity index (χ2n) is 6.27. The minimum Gasteiger partial charge on any atom is -0.398 e. The molecular formula is C18H24N4O. The highest BCUT2D eigenvalue weighted by atomic mass is 16.2. The maximum Gasteiger partial charge on any atom is 0.227 e. The first-order valence-corrected chi connectivity index (χ1v) is 8.16. The molecule has 1 amide bonds. The minimum atomic E-state index is 0.166. The lowest BCUT2D eigenvalue weighted by Gasteiger charge is -2.30. The van der Waals surface area contributed by atoms with Gasteiger partial charge in [-0.25, -0.2) is 0 Å². The van der Waals surface area contributed by atoms with E-state index in [4.69, 9.17) is 5.73 Å². The average molecular weight is 312 g/mol. The molecule has 1 aromatic heterocycles. The second kappa shape index (κ2) is 6.07. The number of nitrogen functional groups attached to an aromatic ring is 1. The Balaban J connectivity index is 1.76. The van der Waals surface area contributed by atoms with E-state index in [1.54, 1.807) is 0 Å². The van der Waals surface area contributed by atoms with Gasteiger partial charge in [0.1, 0.15) is 0 Å². The Morgan fingerprint density at radius 2 is 2.13 bits per heavy atom. The monoisotopic (exact) mass is 312 g/mol. The van der Waals surface area contributed by atoms with Crippen LogP contribution in [-0.2, 0) is 24.7 Å². The third kappa shape index (κ3) is 2.83. The Kier molecular flexibility index (Phi) is 4.11. The number of benzene rings is 1. The van der Waals surface area contributed by atoms with Gasteiger partial charge in [0.25, 0.3) is 0 Å². The van der Waals surface area contributed by atoms with Gasteiger partial charge in [-0.3, -0.25) is 9.48 Å². The van der Waals surface area contributed by atoms with Gasteiger partial charge in [0, 0.05) is 37.1 Å². The zero-order valence-electron chi connectivity index (χ0n) is 14.1. The molecular weight excluding hydrogens is 288 g/mol. The molecule has 1 aromatic carbocycles. The topological polar surface area (TPSA) is 64.2 Å². The molecule has 1 aliphatic rings. The summed E-state index contributed by atoms with van der Waals surface area (Å²) in [6.45, 7) is 4.83. The molecule has 0 unspecified atom stereocenters. The van der Waals surface area contributed by atoms with Crippen molar-refractivity contribution in [3.63, 3.8) is 0 Å². The van der Waals surface area contributed by atoms with E-state index in [0.717, 1.165) is 54.1 Å². The van der Waals surface area contributed by atoms with E-state index in [2.05, 4.69) is 12.0 Å². The molecule has 5 nitrogen and oxygen atoms in total. The largest absolute Gasteiger partial charge is 0.398 e. The highest BCUT2D eigenvalue weighted by Gasteiger charge is 2.24. The van der Waals surface area contributed by atoms with Gasteiger partial charge in [-0.1, -0.05) is 6.07 Å². The number of aromatic nitrogens is 2. The Bertz CT molecular complexity index is 748. The van der Waals surface area contributed by atoms with Crippen molar-refractivity contribution < 1.29 is 4.79 Å². The lowest BCUT2D eigenvalue weighted by Crippen LogP contribution is -2.35. The summed E-state index contributed by atoms with van der Waals surface area (Å²) in [5, 5.41) is 4.42. The third-order valence-electron chi connectivity index (χ3n) is 4.84. The van der Waals surface area contributed by atoms with Crippen LogP contribution in [0.4, 0.5) is 11.4 Å². The quantitative estimate of drug-likeness (QED) is 0.886. The fourth-order valence-electron chi connectivity index (χ4n) is 3.46. The fourth-order valence-corrected chi connectivity index (χ4v) is 3.46. The zero-order chi connectivity index (χ0) is 16.6. The molecule has 23 heavy (non-hydrogen) atoms. The van der Waals surface area contributed by atoms with E-state index in [1.807, 2.05) is 41.8 Å². The average Bonchev–Trinajstić information content (AvgIpc) is 2.78. The Morgan fingerprint density at radius 3 is 2.83 bits per heavy atom. The van der Waals surface area contributed by atoms with Crippen molar-refractivity contribution in [2.45, 2.75) is 39.5 Å². The van der Waals surface area contributed by atoms with Crippen LogP contribution in [0.25, 0.3) is 0 Å². The van der Waals surface area contributed by atoms with Crippen LogP contribution in [-0.4, -0.2) is 22.2 Å². The van der Waals surface area contributed by atoms with Crippen molar-refractivity contribution in [1.29, 1.82) is 0 Å². The molecule has 0 saturated carbocycles. The Hall–Kier alpha value is -2.30. The van der Waals surface area contributed by atoms with Crippen molar-refractivity contribution >= 4 is 17.3 Å². The number of amides is 1. The molecule has 0 radical (unpaired) electrons. The number of nitrogens with two attached hydrogens (primary N) is 1. The summed E-state index contributed by atoms with van der Waals surface area (Å²) in [5.74, 6) is 0.166. The van der Waals surface area contributed by atoms with Crippen molar-refractivity contribution in [3.8, 4) is 0 Å². The molecule has 2 heterocycles. The Labute approximate surface area is 137 Å². The van der Waals surface area contributed by atoms with E-state index in [-0.39, 0.29) is 5.91 Å². The maximum atomic E-state index is 12.7. The van der Waals surface area contributed by atoms with E-state index in [1.165, 1.54) is 5.56 Å². The molecule has 1 aliphatic heterocycles. The third-order valence-corrected chi connectivity index (χ3v) is 4.84. The first-order chi connectivity index (χ1) is 11.0. The van der Waals surface area contributed by atoms with Crippen LogP contribution in [0.2, 0.25) is 0 Å². The lowest BCUT2D eigenvalue weighted by molar-refractivity contribution is -0.118. The number of carbonyl (C=O) groups is 1. The summed E-state index contributed by atoms with van der Waals surface area (Å²) < 4.78 is 1.88. The minimum absolute atomic E-state index is 0.166. The molecule has 0 bridgehead atoms. The number of aryl methyl sites for hydroxylation is 2. The van der Waals surface area contributed by atoms with Crippen molar-refractivity contribution in [1.82, 2.24) is 9.78 Å². The van der Waals surface area contributed by atoms with Crippen LogP contribution in [0.1, 0.15) is 35.4 Å². The van der Waals surface area contributed by atoms with Gasteiger partial charge in [-0.15, -0.1) is 0 Å². The number of hydrogen-bond donors (Lipinski definition) is 1. The number of anilines is 2. The van der Waals surface area contributed by atoms with Crippen LogP contribution >= 0.6 is 0 Å². The van der Waals surface area contributed by atoms with Crippen LogP contribution in [0.3, 0.4) is 0 Å². The van der Waals surface area contributed by atoms with Gasteiger partial charge in [0.05, 0.1) is 5.69 Å². The molecule has 0 atom stereocenters. The summed E-state index contributed by atoms with van der Waals surface area (Å²) in [7, 11) is 1.94. The summed E-state index contributed by atoms with van der Waals surface area (Å²) in [6, 6.07) is 5.84. The van der Waals surface area contributed by atoms with Crippen molar-refractivity contribution in [2.24, 2.45) is 7.05 Å². The van der Waals surface area contributed by atoms with Crippen LogP contribution in [0.15, 0.2) is 18.2 Å². The smallest absolute Gasteiger partial charge is 0.227 e. The molecule has 0 aliphatic carbocycles. The molecule has 2 N–H and O–H groups in total. The summed E-state index contributed by atoms with van der Waals surface area (Å²) in [5.41, 5.74) is 12.3. The van der Waals surface area contributed by atoms with Crippen LogP contribution < -0.4 is 10.6 Å². The van der Waals surface area contributed by atoms with E-state index < -0.39 is 0 Å². The lowest BCUT2D eigenvalue weighted by atomic mass is 9.99. The van der Waals surface area contributed by atoms with E-state index in [0.29, 0.717) is 6.42 Å². The number of nitrogens with zero attached hydrogens (tertiary/aromatic N) is 3. The molecule has 2 aromatic rings. The number of rotatable bonds is 3. The standard InChI is InChI=1S/C18H24N4O/c1-12-14(13(2)21(3)20-12)9-10-18(23)22-11-5-6-15-16(19)7-4-8-17(15)22/h4,7-8H,5-6,9-11,19H2,1-3H3. The van der Waals surface area contributed by atoms with Gasteiger partial charge >= 0.3 is 0 Å². The van der Waals surface area contributed by atoms with Crippen LogP contribution in [0.5, 0.6) is 0 Å². The van der Waals surface area contributed by atoms with Gasteiger partial charge in [-0.2, -0.15) is 5.10 Å². The van der Waals surface area contributed by atoms with Crippen molar-refractivity contribution in [3.05, 3.63) is 40.7 Å². The number of carbonyl (C=O) groups excluding carboxylic acids is 1. The zero-order valence-corrected chi connectivity index (χ0v) is 14.1. The van der Waals surface area contributed by atoms with Gasteiger partial charge in [-0.05, 0) is 56.4 Å². The summed E-state index contributed by atoms with van der Waals surface area (Å²) >= 11 is 0. The van der Waals surface area contributed by atoms with Gasteiger partial charge in [0.15, 0.2) is 0 Å². The summed E-state index contributed by atoms with van der Waals surface area (Å²) in [6.07, 6.45) is 3.16. The first kappa shape index (κ1) is 15.6. The van der Waals surface area contributed by atoms with E-state index >= 15 is 0 Å². The molecule has 122 valence electrons. The Morgan fingerprint density at radius 1 is 1.35 bits per heavy atom. The summed E-state index contributed by atoms with van der Waals surface area (Å²) in [4.78, 5) is 14.6.